The van der Waals surface area contributed by atoms with E-state index >= 15 is 0 Å². The highest BCUT2D eigenvalue weighted by atomic mass is 15.0. The fourth-order valence-electron chi connectivity index (χ4n) is 3.57. The van der Waals surface area contributed by atoms with Crippen LogP contribution in [-0.4, -0.2) is 17.6 Å². The minimum Gasteiger partial charge on any atom is -0.313 e. The van der Waals surface area contributed by atoms with Crippen molar-refractivity contribution in [2.45, 2.75) is 44.1 Å². The topological polar surface area (TPSA) is 24.9 Å². The van der Waals surface area contributed by atoms with Crippen LogP contribution in [0.5, 0.6) is 0 Å². The minimum absolute atomic E-state index is 0.286. The van der Waals surface area contributed by atoms with Crippen LogP contribution >= 0.6 is 0 Å². The SMILES string of the molecule is CCNC(C(C)c1ccccn1)C1(c2ccccc2)CC1. The van der Waals surface area contributed by atoms with Crippen molar-refractivity contribution in [3.8, 4) is 0 Å². The van der Waals surface area contributed by atoms with Gasteiger partial charge in [-0.05, 0) is 37.1 Å². The van der Waals surface area contributed by atoms with E-state index < -0.39 is 0 Å². The third-order valence-corrected chi connectivity index (χ3v) is 4.81. The molecule has 0 saturated heterocycles. The first kappa shape index (κ1) is 14.3. The van der Waals surface area contributed by atoms with Crippen molar-refractivity contribution in [3.63, 3.8) is 0 Å². The summed E-state index contributed by atoms with van der Waals surface area (Å²) in [6.07, 6.45) is 4.44. The minimum atomic E-state index is 0.286. The van der Waals surface area contributed by atoms with Crippen molar-refractivity contribution in [1.29, 1.82) is 0 Å². The highest BCUT2D eigenvalue weighted by molar-refractivity contribution is 5.36. The van der Waals surface area contributed by atoms with Crippen molar-refractivity contribution in [2.75, 3.05) is 6.54 Å². The lowest BCUT2D eigenvalue weighted by Crippen LogP contribution is -2.44. The first-order chi connectivity index (χ1) is 10.3. The Hall–Kier alpha value is -1.67. The van der Waals surface area contributed by atoms with E-state index in [9.17, 15) is 0 Å². The molecule has 110 valence electrons. The van der Waals surface area contributed by atoms with Gasteiger partial charge < -0.3 is 5.32 Å². The summed E-state index contributed by atoms with van der Waals surface area (Å²) in [5.74, 6) is 0.411. The molecule has 3 rings (SSSR count). The van der Waals surface area contributed by atoms with Crippen LogP contribution in [0.25, 0.3) is 0 Å². The molecule has 1 heterocycles. The van der Waals surface area contributed by atoms with E-state index in [1.807, 2.05) is 12.3 Å². The van der Waals surface area contributed by atoms with Crippen LogP contribution in [0, 0.1) is 0 Å². The third-order valence-electron chi connectivity index (χ3n) is 4.81. The second-order valence-electron chi connectivity index (χ2n) is 6.10. The largest absolute Gasteiger partial charge is 0.313 e. The van der Waals surface area contributed by atoms with Gasteiger partial charge in [0.2, 0.25) is 0 Å². The lowest BCUT2D eigenvalue weighted by molar-refractivity contribution is 0.369. The molecule has 1 aliphatic carbocycles. The molecule has 0 amide bonds. The van der Waals surface area contributed by atoms with Gasteiger partial charge in [0.1, 0.15) is 0 Å². The smallest absolute Gasteiger partial charge is 0.0447 e. The molecule has 2 unspecified atom stereocenters. The molecule has 1 saturated carbocycles. The van der Waals surface area contributed by atoms with E-state index in [0.717, 1.165) is 6.54 Å². The summed E-state index contributed by atoms with van der Waals surface area (Å²) in [7, 11) is 0. The van der Waals surface area contributed by atoms with Crippen LogP contribution < -0.4 is 5.32 Å². The molecular formula is C19H24N2. The second-order valence-corrected chi connectivity index (χ2v) is 6.10. The Morgan fingerprint density at radius 1 is 1.10 bits per heavy atom. The van der Waals surface area contributed by atoms with Gasteiger partial charge in [-0.15, -0.1) is 0 Å². The Morgan fingerprint density at radius 3 is 2.38 bits per heavy atom. The number of benzene rings is 1. The van der Waals surface area contributed by atoms with E-state index in [-0.39, 0.29) is 5.41 Å². The number of hydrogen-bond donors (Lipinski definition) is 1. The summed E-state index contributed by atoms with van der Waals surface area (Å²) in [6, 6.07) is 17.6. The molecule has 2 heteroatoms. The van der Waals surface area contributed by atoms with Gasteiger partial charge in [0.15, 0.2) is 0 Å². The Balaban J connectivity index is 1.92. The van der Waals surface area contributed by atoms with E-state index in [4.69, 9.17) is 0 Å². The lowest BCUT2D eigenvalue weighted by atomic mass is 9.80. The van der Waals surface area contributed by atoms with E-state index in [2.05, 4.69) is 66.6 Å². The van der Waals surface area contributed by atoms with Gasteiger partial charge in [0.25, 0.3) is 0 Å². The van der Waals surface area contributed by atoms with Gasteiger partial charge in [-0.2, -0.15) is 0 Å². The zero-order valence-electron chi connectivity index (χ0n) is 12.9. The zero-order valence-corrected chi connectivity index (χ0v) is 12.9. The molecule has 0 bridgehead atoms. The molecule has 1 aromatic carbocycles. The molecular weight excluding hydrogens is 256 g/mol. The standard InChI is InChI=1S/C19H24N2/c1-3-20-18(15(2)17-11-7-8-14-21-17)19(12-13-19)16-9-5-4-6-10-16/h4-11,14-15,18,20H,3,12-13H2,1-2H3. The van der Waals surface area contributed by atoms with Crippen molar-refractivity contribution >= 4 is 0 Å². The van der Waals surface area contributed by atoms with Crippen LogP contribution in [0.3, 0.4) is 0 Å². The summed E-state index contributed by atoms with van der Waals surface area (Å²) in [5, 5.41) is 3.74. The Labute approximate surface area is 127 Å². The van der Waals surface area contributed by atoms with Crippen LogP contribution in [-0.2, 0) is 5.41 Å². The molecule has 1 N–H and O–H groups in total. The Morgan fingerprint density at radius 2 is 1.81 bits per heavy atom. The van der Waals surface area contributed by atoms with Crippen molar-refractivity contribution in [1.82, 2.24) is 10.3 Å². The number of aromatic nitrogens is 1. The summed E-state index contributed by atoms with van der Waals surface area (Å²) < 4.78 is 0. The molecule has 2 nitrogen and oxygen atoms in total. The maximum atomic E-state index is 4.58. The first-order valence-corrected chi connectivity index (χ1v) is 7.98. The Bertz CT molecular complexity index is 561. The van der Waals surface area contributed by atoms with Crippen molar-refractivity contribution in [2.24, 2.45) is 0 Å². The molecule has 21 heavy (non-hydrogen) atoms. The quantitative estimate of drug-likeness (QED) is 0.868. The number of rotatable bonds is 6. The number of hydrogen-bond acceptors (Lipinski definition) is 2. The van der Waals surface area contributed by atoms with Gasteiger partial charge >= 0.3 is 0 Å². The number of pyridine rings is 1. The van der Waals surface area contributed by atoms with E-state index in [1.54, 1.807) is 0 Å². The van der Waals surface area contributed by atoms with Gasteiger partial charge in [-0.1, -0.05) is 50.2 Å². The molecule has 0 radical (unpaired) electrons. The van der Waals surface area contributed by atoms with Gasteiger partial charge in [-0.25, -0.2) is 0 Å². The highest BCUT2D eigenvalue weighted by Crippen LogP contribution is 2.53. The predicted octanol–water partition coefficient (Wildman–Crippen LogP) is 3.90. The number of likely N-dealkylation sites (N-methyl/N-ethyl adjacent to an activating group) is 1. The van der Waals surface area contributed by atoms with Crippen LogP contribution in [0.2, 0.25) is 0 Å². The second kappa shape index (κ2) is 5.98. The Kier molecular flexibility index (Phi) is 4.07. The molecule has 2 atom stereocenters. The summed E-state index contributed by atoms with van der Waals surface area (Å²) in [6.45, 7) is 5.49. The summed E-state index contributed by atoms with van der Waals surface area (Å²) in [4.78, 5) is 4.58. The molecule has 0 aliphatic heterocycles. The molecule has 1 aromatic heterocycles. The maximum absolute atomic E-state index is 4.58. The van der Waals surface area contributed by atoms with E-state index in [1.165, 1.54) is 24.1 Å². The number of nitrogens with zero attached hydrogens (tertiary/aromatic N) is 1. The fraction of sp³-hybridized carbons (Fsp3) is 0.421. The average molecular weight is 280 g/mol. The van der Waals surface area contributed by atoms with Gasteiger partial charge in [0, 0.05) is 29.3 Å². The molecule has 2 aromatic rings. The molecule has 1 fully saturated rings. The molecule has 1 aliphatic rings. The number of nitrogens with one attached hydrogen (secondary N) is 1. The predicted molar refractivity (Wildman–Crippen MR) is 87.5 cm³/mol. The van der Waals surface area contributed by atoms with Crippen molar-refractivity contribution < 1.29 is 0 Å². The monoisotopic (exact) mass is 280 g/mol. The zero-order chi connectivity index (χ0) is 14.7. The van der Waals surface area contributed by atoms with Gasteiger partial charge in [-0.3, -0.25) is 4.98 Å². The third kappa shape index (κ3) is 2.73. The normalized spacial score (nSPS) is 19.0. The van der Waals surface area contributed by atoms with Crippen LogP contribution in [0.1, 0.15) is 43.9 Å². The van der Waals surface area contributed by atoms with Crippen LogP contribution in [0.4, 0.5) is 0 Å². The maximum Gasteiger partial charge on any atom is 0.0447 e. The van der Waals surface area contributed by atoms with Crippen molar-refractivity contribution in [3.05, 3.63) is 66.0 Å². The summed E-state index contributed by atoms with van der Waals surface area (Å²) in [5.41, 5.74) is 2.94. The van der Waals surface area contributed by atoms with Crippen LogP contribution in [0.15, 0.2) is 54.7 Å². The van der Waals surface area contributed by atoms with E-state index in [0.29, 0.717) is 12.0 Å². The van der Waals surface area contributed by atoms with Gasteiger partial charge in [0.05, 0.1) is 0 Å². The first-order valence-electron chi connectivity index (χ1n) is 7.98. The highest BCUT2D eigenvalue weighted by Gasteiger charge is 2.52. The average Bonchev–Trinajstić information content (AvgIpc) is 3.35. The lowest BCUT2D eigenvalue weighted by Gasteiger charge is -2.33. The molecule has 0 spiro atoms. The summed E-state index contributed by atoms with van der Waals surface area (Å²) >= 11 is 0. The fourth-order valence-corrected chi connectivity index (χ4v) is 3.57.